The fourth-order valence-electron chi connectivity index (χ4n) is 2.05. The summed E-state index contributed by atoms with van der Waals surface area (Å²) in [6.45, 7) is 5.86. The van der Waals surface area contributed by atoms with Crippen LogP contribution in [0.5, 0.6) is 0 Å². The van der Waals surface area contributed by atoms with E-state index in [4.69, 9.17) is 4.74 Å². The molecule has 1 unspecified atom stereocenters. The van der Waals surface area contributed by atoms with Crippen LogP contribution in [0.15, 0.2) is 0 Å². The van der Waals surface area contributed by atoms with Crippen LogP contribution >= 0.6 is 0 Å². The highest BCUT2D eigenvalue weighted by Crippen LogP contribution is 2.11. The van der Waals surface area contributed by atoms with Crippen LogP contribution in [0.3, 0.4) is 0 Å². The maximum atomic E-state index is 11.7. The van der Waals surface area contributed by atoms with Gasteiger partial charge in [0.15, 0.2) is 0 Å². The highest BCUT2D eigenvalue weighted by Gasteiger charge is 2.23. The predicted octanol–water partition coefficient (Wildman–Crippen LogP) is 0.589. The Bertz CT molecular complexity index is 403. The average molecular weight is 306 g/mol. The zero-order chi connectivity index (χ0) is 15.2. The molecule has 0 aromatic carbocycles. The summed E-state index contributed by atoms with van der Waals surface area (Å²) in [5.74, 6) is 0.306. The highest BCUT2D eigenvalue weighted by molar-refractivity contribution is 7.88. The van der Waals surface area contributed by atoms with Crippen molar-refractivity contribution in [1.82, 2.24) is 9.62 Å². The third kappa shape index (κ3) is 6.19. The second-order valence-electron chi connectivity index (χ2n) is 5.64. The van der Waals surface area contributed by atoms with Crippen LogP contribution in [-0.2, 0) is 19.6 Å². The molecule has 1 aliphatic heterocycles. The summed E-state index contributed by atoms with van der Waals surface area (Å²) in [6, 6.07) is 0. The van der Waals surface area contributed by atoms with Gasteiger partial charge >= 0.3 is 0 Å². The van der Waals surface area contributed by atoms with Gasteiger partial charge in [-0.05, 0) is 25.2 Å². The van der Waals surface area contributed by atoms with Gasteiger partial charge in [-0.3, -0.25) is 4.79 Å². The lowest BCUT2D eigenvalue weighted by Crippen LogP contribution is -2.41. The maximum absolute atomic E-state index is 11.7. The normalized spacial score (nSPS) is 19.8. The molecule has 1 N–H and O–H groups in total. The number of nitrogens with zero attached hydrogens (tertiary/aromatic N) is 1. The van der Waals surface area contributed by atoms with Gasteiger partial charge in [0.1, 0.15) is 6.10 Å². The molecule has 1 amide bonds. The molecule has 0 aromatic heterocycles. The lowest BCUT2D eigenvalue weighted by molar-refractivity contribution is -0.130. The zero-order valence-electron chi connectivity index (χ0n) is 12.6. The van der Waals surface area contributed by atoms with Crippen molar-refractivity contribution in [1.29, 1.82) is 0 Å². The molecule has 118 valence electrons. The second-order valence-corrected chi connectivity index (χ2v) is 7.62. The van der Waals surface area contributed by atoms with Crippen molar-refractivity contribution in [3.05, 3.63) is 0 Å². The molecule has 1 atom stereocenters. The van der Waals surface area contributed by atoms with Gasteiger partial charge in [-0.1, -0.05) is 13.8 Å². The number of hydrogen-bond donors (Lipinski definition) is 1. The Morgan fingerprint density at radius 3 is 2.60 bits per heavy atom. The van der Waals surface area contributed by atoms with Gasteiger partial charge in [0.25, 0.3) is 0 Å². The van der Waals surface area contributed by atoms with Gasteiger partial charge in [0, 0.05) is 26.2 Å². The molecule has 0 saturated carbocycles. The van der Waals surface area contributed by atoms with Crippen molar-refractivity contribution in [2.45, 2.75) is 39.2 Å². The van der Waals surface area contributed by atoms with Gasteiger partial charge in [-0.25, -0.2) is 12.7 Å². The van der Waals surface area contributed by atoms with Crippen LogP contribution in [0.25, 0.3) is 0 Å². The van der Waals surface area contributed by atoms with E-state index in [0.29, 0.717) is 32.2 Å². The third-order valence-electron chi connectivity index (χ3n) is 3.31. The van der Waals surface area contributed by atoms with E-state index in [1.165, 1.54) is 10.6 Å². The van der Waals surface area contributed by atoms with E-state index < -0.39 is 10.0 Å². The average Bonchev–Trinajstić information content (AvgIpc) is 2.84. The van der Waals surface area contributed by atoms with E-state index in [2.05, 4.69) is 19.2 Å². The number of nitrogens with one attached hydrogen (secondary N) is 1. The summed E-state index contributed by atoms with van der Waals surface area (Å²) in [7, 11) is -3.23. The Balaban J connectivity index is 2.36. The van der Waals surface area contributed by atoms with Crippen molar-refractivity contribution >= 4 is 15.9 Å². The molecular weight excluding hydrogens is 280 g/mol. The molecule has 1 heterocycles. The molecule has 0 radical (unpaired) electrons. The minimum Gasteiger partial charge on any atom is -0.368 e. The fourth-order valence-corrected chi connectivity index (χ4v) is 2.91. The Labute approximate surface area is 121 Å². The van der Waals surface area contributed by atoms with Gasteiger partial charge < -0.3 is 10.1 Å². The molecule has 0 aromatic rings. The highest BCUT2D eigenvalue weighted by atomic mass is 32.2. The van der Waals surface area contributed by atoms with Gasteiger partial charge in [-0.15, -0.1) is 0 Å². The van der Waals surface area contributed by atoms with Crippen LogP contribution in [0, 0.1) is 5.92 Å². The summed E-state index contributed by atoms with van der Waals surface area (Å²) in [5, 5.41) is 2.74. The molecule has 1 fully saturated rings. The molecule has 1 aliphatic rings. The van der Waals surface area contributed by atoms with E-state index in [0.717, 1.165) is 19.3 Å². The first-order valence-corrected chi connectivity index (χ1v) is 9.00. The molecule has 7 heteroatoms. The van der Waals surface area contributed by atoms with E-state index in [1.807, 2.05) is 0 Å². The van der Waals surface area contributed by atoms with Gasteiger partial charge in [-0.2, -0.15) is 0 Å². The van der Waals surface area contributed by atoms with Crippen LogP contribution in [-0.4, -0.2) is 57.2 Å². The predicted molar refractivity (Wildman–Crippen MR) is 77.9 cm³/mol. The topological polar surface area (TPSA) is 75.7 Å². The van der Waals surface area contributed by atoms with Crippen LogP contribution < -0.4 is 5.32 Å². The number of ether oxygens (including phenoxy) is 1. The SMILES string of the molecule is CC(C)CCN(CCNC(=O)C1CCCO1)S(C)(=O)=O. The maximum Gasteiger partial charge on any atom is 0.249 e. The Morgan fingerprint density at radius 2 is 2.10 bits per heavy atom. The second kappa shape index (κ2) is 7.95. The molecule has 1 saturated heterocycles. The summed E-state index contributed by atoms with van der Waals surface area (Å²) in [5.41, 5.74) is 0. The van der Waals surface area contributed by atoms with Crippen molar-refractivity contribution in [2.75, 3.05) is 32.5 Å². The van der Waals surface area contributed by atoms with E-state index in [-0.39, 0.29) is 12.0 Å². The molecule has 0 spiro atoms. The first-order valence-electron chi connectivity index (χ1n) is 7.15. The van der Waals surface area contributed by atoms with Crippen LogP contribution in [0.4, 0.5) is 0 Å². The summed E-state index contributed by atoms with van der Waals surface area (Å²) >= 11 is 0. The standard InChI is InChI=1S/C13H26N2O4S/c1-11(2)6-8-15(20(3,17)18)9-7-14-13(16)12-5-4-10-19-12/h11-12H,4-10H2,1-3H3,(H,14,16). The minimum atomic E-state index is -3.23. The minimum absolute atomic E-state index is 0.139. The Hall–Kier alpha value is -0.660. The molecule has 6 nitrogen and oxygen atoms in total. The summed E-state index contributed by atoms with van der Waals surface area (Å²) < 4.78 is 30.0. The van der Waals surface area contributed by atoms with Crippen LogP contribution in [0.1, 0.15) is 33.1 Å². The Kier molecular flexibility index (Phi) is 6.91. The molecule has 0 aliphatic carbocycles. The van der Waals surface area contributed by atoms with E-state index in [1.54, 1.807) is 0 Å². The number of amides is 1. The van der Waals surface area contributed by atoms with E-state index in [9.17, 15) is 13.2 Å². The Morgan fingerprint density at radius 1 is 1.40 bits per heavy atom. The van der Waals surface area contributed by atoms with Gasteiger partial charge in [0.2, 0.25) is 15.9 Å². The third-order valence-corrected chi connectivity index (χ3v) is 4.61. The largest absolute Gasteiger partial charge is 0.368 e. The lowest BCUT2D eigenvalue weighted by Gasteiger charge is -2.21. The molecule has 0 bridgehead atoms. The summed E-state index contributed by atoms with van der Waals surface area (Å²) in [6.07, 6.45) is 3.30. The number of carbonyl (C=O) groups is 1. The van der Waals surface area contributed by atoms with Gasteiger partial charge in [0.05, 0.1) is 6.26 Å². The molecule has 1 rings (SSSR count). The van der Waals surface area contributed by atoms with Crippen molar-refractivity contribution < 1.29 is 17.9 Å². The first kappa shape index (κ1) is 17.4. The van der Waals surface area contributed by atoms with Crippen LogP contribution in [0.2, 0.25) is 0 Å². The number of sulfonamides is 1. The molecule has 20 heavy (non-hydrogen) atoms. The smallest absolute Gasteiger partial charge is 0.249 e. The summed E-state index contributed by atoms with van der Waals surface area (Å²) in [4.78, 5) is 11.7. The van der Waals surface area contributed by atoms with Crippen molar-refractivity contribution in [2.24, 2.45) is 5.92 Å². The van der Waals surface area contributed by atoms with Crippen molar-refractivity contribution in [3.63, 3.8) is 0 Å². The first-order chi connectivity index (χ1) is 9.30. The quantitative estimate of drug-likeness (QED) is 0.712. The van der Waals surface area contributed by atoms with Crippen molar-refractivity contribution in [3.8, 4) is 0 Å². The zero-order valence-corrected chi connectivity index (χ0v) is 13.4. The monoisotopic (exact) mass is 306 g/mol. The number of carbonyl (C=O) groups excluding carboxylic acids is 1. The fraction of sp³-hybridized carbons (Fsp3) is 0.923. The lowest BCUT2D eigenvalue weighted by atomic mass is 10.1. The molecular formula is C13H26N2O4S. The number of hydrogen-bond acceptors (Lipinski definition) is 4. The van der Waals surface area contributed by atoms with E-state index >= 15 is 0 Å². The number of rotatable bonds is 8.